The van der Waals surface area contributed by atoms with Gasteiger partial charge in [0.1, 0.15) is 0 Å². The molecule has 1 aliphatic rings. The van der Waals surface area contributed by atoms with E-state index in [2.05, 4.69) is 10.3 Å². The van der Waals surface area contributed by atoms with Crippen molar-refractivity contribution in [1.29, 1.82) is 0 Å². The van der Waals surface area contributed by atoms with E-state index < -0.39 is 21.3 Å². The van der Waals surface area contributed by atoms with Crippen molar-refractivity contribution >= 4 is 21.7 Å². The lowest BCUT2D eigenvalue weighted by Crippen LogP contribution is -2.38. The Morgan fingerprint density at radius 3 is 2.55 bits per heavy atom. The molecule has 1 atom stereocenters. The molecular formula is C14H20N4O3S. The molecule has 0 aliphatic carbocycles. The van der Waals surface area contributed by atoms with Crippen LogP contribution in [0.5, 0.6) is 0 Å². The number of aryl methyl sites for hydroxylation is 1. The first kappa shape index (κ1) is 16.4. The molecule has 0 fully saturated rings. The molecule has 7 nitrogen and oxygen atoms in total. The minimum atomic E-state index is -3.46. The Morgan fingerprint density at radius 1 is 1.41 bits per heavy atom. The Balaban J connectivity index is 2.73. The molecule has 1 unspecified atom stereocenters. The zero-order chi connectivity index (χ0) is 16.7. The quantitative estimate of drug-likeness (QED) is 0.525. The molecule has 0 saturated heterocycles. The number of sulfone groups is 1. The van der Waals surface area contributed by atoms with Crippen LogP contribution in [0.3, 0.4) is 0 Å². The van der Waals surface area contributed by atoms with E-state index in [0.717, 1.165) is 0 Å². The standard InChI is InChI=1S/C14H20N4O3S/c1-4-8-5-10-11(6-9(8)12(19)18-13(15)16)22(20,21)7-14(10,2)17-3/h5-6,17H,4,7H2,1-3H3,(H4,15,16,18,19). The van der Waals surface area contributed by atoms with Crippen LogP contribution in [-0.2, 0) is 21.8 Å². The van der Waals surface area contributed by atoms with Crippen molar-refractivity contribution in [2.45, 2.75) is 30.7 Å². The van der Waals surface area contributed by atoms with E-state index in [4.69, 9.17) is 11.5 Å². The van der Waals surface area contributed by atoms with Gasteiger partial charge in [-0.05, 0) is 37.6 Å². The fourth-order valence-corrected chi connectivity index (χ4v) is 4.86. The summed E-state index contributed by atoms with van der Waals surface area (Å²) in [7, 11) is -1.74. The van der Waals surface area contributed by atoms with Gasteiger partial charge in [-0.3, -0.25) is 4.79 Å². The van der Waals surface area contributed by atoms with Gasteiger partial charge in [0.05, 0.1) is 16.2 Å². The Labute approximate surface area is 129 Å². The summed E-state index contributed by atoms with van der Waals surface area (Å²) in [5.41, 5.74) is 11.4. The molecule has 5 N–H and O–H groups in total. The molecule has 8 heteroatoms. The summed E-state index contributed by atoms with van der Waals surface area (Å²) >= 11 is 0. The van der Waals surface area contributed by atoms with Gasteiger partial charge in [-0.25, -0.2) is 8.42 Å². The van der Waals surface area contributed by atoms with Crippen molar-refractivity contribution in [2.75, 3.05) is 12.8 Å². The van der Waals surface area contributed by atoms with Crippen molar-refractivity contribution in [3.05, 3.63) is 28.8 Å². The number of hydrogen-bond acceptors (Lipinski definition) is 4. The molecule has 120 valence electrons. The highest BCUT2D eigenvalue weighted by Gasteiger charge is 2.43. The van der Waals surface area contributed by atoms with Gasteiger partial charge in [0, 0.05) is 5.56 Å². The number of nitrogens with one attached hydrogen (secondary N) is 1. The number of benzene rings is 1. The SMILES string of the molecule is CCc1cc2c(cc1C(=O)N=C(N)N)S(=O)(=O)CC2(C)NC. The fraction of sp³-hybridized carbons (Fsp3) is 0.429. The second-order valence-corrected chi connectivity index (χ2v) is 7.50. The van der Waals surface area contributed by atoms with E-state index in [1.165, 1.54) is 6.07 Å². The van der Waals surface area contributed by atoms with Crippen LogP contribution in [0.1, 0.15) is 35.3 Å². The lowest BCUT2D eigenvalue weighted by molar-refractivity contribution is 0.100. The maximum absolute atomic E-state index is 12.4. The van der Waals surface area contributed by atoms with Gasteiger partial charge >= 0.3 is 0 Å². The molecule has 22 heavy (non-hydrogen) atoms. The van der Waals surface area contributed by atoms with E-state index in [9.17, 15) is 13.2 Å². The van der Waals surface area contributed by atoms with Crippen LogP contribution in [-0.4, -0.2) is 33.1 Å². The molecular weight excluding hydrogens is 304 g/mol. The predicted octanol–water partition coefficient (Wildman–Crippen LogP) is -0.115. The van der Waals surface area contributed by atoms with Crippen LogP contribution < -0.4 is 16.8 Å². The molecule has 1 aromatic rings. The van der Waals surface area contributed by atoms with Crippen LogP contribution >= 0.6 is 0 Å². The number of amides is 1. The van der Waals surface area contributed by atoms with Gasteiger partial charge < -0.3 is 16.8 Å². The van der Waals surface area contributed by atoms with Gasteiger partial charge in [0.15, 0.2) is 15.8 Å². The molecule has 1 aromatic carbocycles. The summed E-state index contributed by atoms with van der Waals surface area (Å²) < 4.78 is 24.8. The number of aliphatic imine (C=N–C) groups is 1. The molecule has 0 spiro atoms. The largest absolute Gasteiger partial charge is 0.370 e. The van der Waals surface area contributed by atoms with Crippen LogP contribution in [0.15, 0.2) is 22.0 Å². The predicted molar refractivity (Wildman–Crippen MR) is 84.4 cm³/mol. The van der Waals surface area contributed by atoms with Crippen LogP contribution in [0.25, 0.3) is 0 Å². The van der Waals surface area contributed by atoms with E-state index in [1.54, 1.807) is 13.1 Å². The average Bonchev–Trinajstić information content (AvgIpc) is 2.64. The van der Waals surface area contributed by atoms with E-state index in [1.807, 2.05) is 13.8 Å². The van der Waals surface area contributed by atoms with Gasteiger partial charge in [-0.2, -0.15) is 4.99 Å². The number of rotatable bonds is 3. The summed E-state index contributed by atoms with van der Waals surface area (Å²) in [5, 5.41) is 3.05. The topological polar surface area (TPSA) is 128 Å². The van der Waals surface area contributed by atoms with Crippen LogP contribution in [0.4, 0.5) is 0 Å². The molecule has 1 heterocycles. The first-order valence-electron chi connectivity index (χ1n) is 6.87. The smallest absolute Gasteiger partial charge is 0.280 e. The highest BCUT2D eigenvalue weighted by molar-refractivity contribution is 7.91. The molecule has 0 aromatic heterocycles. The normalized spacial score (nSPS) is 22.1. The summed E-state index contributed by atoms with van der Waals surface area (Å²) in [6, 6.07) is 3.15. The molecule has 0 radical (unpaired) electrons. The Bertz CT molecular complexity index is 767. The second-order valence-electron chi connectivity index (χ2n) is 5.54. The third kappa shape index (κ3) is 2.59. The number of guanidine groups is 1. The second kappa shape index (κ2) is 5.36. The first-order valence-corrected chi connectivity index (χ1v) is 8.53. The summed E-state index contributed by atoms with van der Waals surface area (Å²) in [6.07, 6.45) is 0.564. The average molecular weight is 324 g/mol. The van der Waals surface area contributed by atoms with Crippen LogP contribution in [0, 0.1) is 0 Å². The highest BCUT2D eigenvalue weighted by Crippen LogP contribution is 2.39. The summed E-state index contributed by atoms with van der Waals surface area (Å²) in [5.74, 6) is -1.03. The Hall–Kier alpha value is -1.93. The van der Waals surface area contributed by atoms with Crippen molar-refractivity contribution in [3.63, 3.8) is 0 Å². The first-order chi connectivity index (χ1) is 10.1. The monoisotopic (exact) mass is 324 g/mol. The summed E-state index contributed by atoms with van der Waals surface area (Å²) in [4.78, 5) is 15.8. The minimum absolute atomic E-state index is 0.0467. The number of hydrogen-bond donors (Lipinski definition) is 3. The summed E-state index contributed by atoms with van der Waals surface area (Å²) in [6.45, 7) is 3.71. The van der Waals surface area contributed by atoms with Crippen molar-refractivity contribution < 1.29 is 13.2 Å². The van der Waals surface area contributed by atoms with E-state index in [0.29, 0.717) is 17.5 Å². The van der Waals surface area contributed by atoms with Gasteiger partial charge in [0.25, 0.3) is 5.91 Å². The van der Waals surface area contributed by atoms with Crippen molar-refractivity contribution in [2.24, 2.45) is 16.5 Å². The van der Waals surface area contributed by atoms with Crippen LogP contribution in [0.2, 0.25) is 0 Å². The highest BCUT2D eigenvalue weighted by atomic mass is 32.2. The maximum atomic E-state index is 12.4. The number of carbonyl (C=O) groups excluding carboxylic acids is 1. The van der Waals surface area contributed by atoms with E-state index in [-0.39, 0.29) is 22.2 Å². The van der Waals surface area contributed by atoms with E-state index >= 15 is 0 Å². The maximum Gasteiger partial charge on any atom is 0.280 e. The number of carbonyl (C=O) groups is 1. The number of nitrogens with zero attached hydrogens (tertiary/aromatic N) is 1. The lowest BCUT2D eigenvalue weighted by Gasteiger charge is -2.23. The molecule has 0 bridgehead atoms. The van der Waals surface area contributed by atoms with Crippen molar-refractivity contribution in [3.8, 4) is 0 Å². The fourth-order valence-electron chi connectivity index (χ4n) is 2.72. The van der Waals surface area contributed by atoms with Gasteiger partial charge in [-0.15, -0.1) is 0 Å². The number of fused-ring (bicyclic) bond motifs is 1. The molecule has 2 rings (SSSR count). The lowest BCUT2D eigenvalue weighted by atomic mass is 9.90. The minimum Gasteiger partial charge on any atom is -0.370 e. The van der Waals surface area contributed by atoms with Crippen molar-refractivity contribution in [1.82, 2.24) is 5.32 Å². The molecule has 1 aliphatic heterocycles. The Morgan fingerprint density at radius 2 is 2.05 bits per heavy atom. The van der Waals surface area contributed by atoms with Gasteiger partial charge in [-0.1, -0.05) is 13.0 Å². The third-order valence-corrected chi connectivity index (χ3v) is 5.97. The van der Waals surface area contributed by atoms with Gasteiger partial charge in [0.2, 0.25) is 0 Å². The Kier molecular flexibility index (Phi) is 4.01. The molecule has 0 saturated carbocycles. The number of nitrogens with two attached hydrogens (primary N) is 2. The molecule has 1 amide bonds. The zero-order valence-corrected chi connectivity index (χ0v) is 13.6. The zero-order valence-electron chi connectivity index (χ0n) is 12.8. The third-order valence-electron chi connectivity index (χ3n) is 4.01.